The summed E-state index contributed by atoms with van der Waals surface area (Å²) in [6, 6.07) is -0.920. The van der Waals surface area contributed by atoms with Gasteiger partial charge in [-0.1, -0.05) is 27.7 Å². The third kappa shape index (κ3) is 10.5. The second kappa shape index (κ2) is 11.4. The molecule has 0 rings (SSSR count). The summed E-state index contributed by atoms with van der Waals surface area (Å²) in [6.45, 7) is 7.35. The standard InChI is InChI=1S/C11H22N4O5.2H2O/c1-7(2)5-14(10(17)18)12-9(16)13-15(11(19)20)6-8(3)4;;/h7-8H,5-6H2,1-4H3,(H,17,18)(H,19,20)(H2,12,13,16);2*1H2. The zero-order valence-electron chi connectivity index (χ0n) is 13.1. The first kappa shape index (κ1) is 24.7. The van der Waals surface area contributed by atoms with Crippen LogP contribution in [0, 0.1) is 11.8 Å². The fourth-order valence-corrected chi connectivity index (χ4v) is 1.34. The summed E-state index contributed by atoms with van der Waals surface area (Å²) in [5, 5.41) is 19.2. The lowest BCUT2D eigenvalue weighted by Gasteiger charge is -2.25. The van der Waals surface area contributed by atoms with Crippen molar-refractivity contribution in [2.75, 3.05) is 13.1 Å². The van der Waals surface area contributed by atoms with Crippen LogP contribution in [0.15, 0.2) is 0 Å². The summed E-state index contributed by atoms with van der Waals surface area (Å²) in [7, 11) is 0. The lowest BCUT2D eigenvalue weighted by Crippen LogP contribution is -2.56. The first-order valence-electron chi connectivity index (χ1n) is 6.21. The van der Waals surface area contributed by atoms with Gasteiger partial charge in [0.05, 0.1) is 0 Å². The Morgan fingerprint density at radius 1 is 0.818 bits per heavy atom. The Kier molecular flexibility index (Phi) is 12.8. The molecule has 22 heavy (non-hydrogen) atoms. The summed E-state index contributed by atoms with van der Waals surface area (Å²) >= 11 is 0. The average Bonchev–Trinajstić information content (AvgIpc) is 2.25. The molecule has 0 aliphatic rings. The van der Waals surface area contributed by atoms with Gasteiger partial charge in [0, 0.05) is 13.1 Å². The van der Waals surface area contributed by atoms with E-state index in [2.05, 4.69) is 10.9 Å². The van der Waals surface area contributed by atoms with E-state index in [9.17, 15) is 14.4 Å². The number of nitrogens with one attached hydrogen (secondary N) is 2. The van der Waals surface area contributed by atoms with Crippen molar-refractivity contribution in [1.29, 1.82) is 0 Å². The summed E-state index contributed by atoms with van der Waals surface area (Å²) in [6.07, 6.45) is -2.64. The Morgan fingerprint density at radius 3 is 1.27 bits per heavy atom. The fraction of sp³-hybridized carbons (Fsp3) is 0.727. The van der Waals surface area contributed by atoms with Crippen LogP contribution in [0.25, 0.3) is 0 Å². The maximum absolute atomic E-state index is 11.6. The Balaban J connectivity index is -0.00000180. The highest BCUT2D eigenvalue weighted by Gasteiger charge is 2.20. The van der Waals surface area contributed by atoms with Crippen LogP contribution in [-0.4, -0.2) is 62.5 Å². The number of hydrazine groups is 2. The Hall–Kier alpha value is -2.27. The molecular weight excluding hydrogens is 300 g/mol. The van der Waals surface area contributed by atoms with Gasteiger partial charge in [-0.25, -0.2) is 35.3 Å². The van der Waals surface area contributed by atoms with Crippen LogP contribution >= 0.6 is 0 Å². The predicted octanol–water partition coefficient (Wildman–Crippen LogP) is -0.262. The molecule has 0 spiro atoms. The molecule has 0 aromatic rings. The molecule has 11 nitrogen and oxygen atoms in total. The smallest absolute Gasteiger partial charge is 0.426 e. The van der Waals surface area contributed by atoms with Crippen molar-refractivity contribution in [3.63, 3.8) is 0 Å². The average molecular weight is 326 g/mol. The van der Waals surface area contributed by atoms with E-state index in [1.165, 1.54) is 0 Å². The molecule has 0 unspecified atom stereocenters. The first-order valence-corrected chi connectivity index (χ1v) is 6.21. The molecule has 0 atom stereocenters. The van der Waals surface area contributed by atoms with E-state index in [1.54, 1.807) is 27.7 Å². The van der Waals surface area contributed by atoms with Crippen molar-refractivity contribution in [3.8, 4) is 0 Å². The minimum atomic E-state index is -1.32. The van der Waals surface area contributed by atoms with Crippen LogP contribution < -0.4 is 10.9 Å². The van der Waals surface area contributed by atoms with Crippen molar-refractivity contribution < 1.29 is 35.5 Å². The molecular formula is C11H26N4O7. The van der Waals surface area contributed by atoms with E-state index in [0.29, 0.717) is 10.0 Å². The Labute approximate surface area is 128 Å². The number of rotatable bonds is 4. The number of hydrogen-bond donors (Lipinski definition) is 4. The summed E-state index contributed by atoms with van der Waals surface area (Å²) in [5.41, 5.74) is 4.17. The highest BCUT2D eigenvalue weighted by molar-refractivity contribution is 5.79. The van der Waals surface area contributed by atoms with E-state index in [0.717, 1.165) is 0 Å². The van der Waals surface area contributed by atoms with Gasteiger partial charge in [-0.05, 0) is 11.8 Å². The molecule has 132 valence electrons. The zero-order chi connectivity index (χ0) is 15.9. The Morgan fingerprint density at radius 2 is 1.09 bits per heavy atom. The molecule has 0 aliphatic heterocycles. The van der Waals surface area contributed by atoms with Crippen LogP contribution in [0.3, 0.4) is 0 Å². The molecule has 0 fully saturated rings. The van der Waals surface area contributed by atoms with Gasteiger partial charge >= 0.3 is 18.2 Å². The largest absolute Gasteiger partial charge is 0.464 e. The van der Waals surface area contributed by atoms with Crippen LogP contribution in [0.2, 0.25) is 0 Å². The van der Waals surface area contributed by atoms with Crippen LogP contribution in [0.1, 0.15) is 27.7 Å². The van der Waals surface area contributed by atoms with Crippen molar-refractivity contribution in [2.45, 2.75) is 27.7 Å². The topological polar surface area (TPSA) is 185 Å². The molecule has 0 saturated heterocycles. The van der Waals surface area contributed by atoms with Gasteiger partial charge in [0.25, 0.3) is 0 Å². The molecule has 8 N–H and O–H groups in total. The fourth-order valence-electron chi connectivity index (χ4n) is 1.34. The third-order valence-electron chi connectivity index (χ3n) is 2.03. The summed E-state index contributed by atoms with van der Waals surface area (Å²) < 4.78 is 0. The first-order chi connectivity index (χ1) is 9.13. The summed E-state index contributed by atoms with van der Waals surface area (Å²) in [4.78, 5) is 33.4. The monoisotopic (exact) mass is 326 g/mol. The van der Waals surface area contributed by atoms with E-state index in [1.807, 2.05) is 0 Å². The predicted molar refractivity (Wildman–Crippen MR) is 78.0 cm³/mol. The molecule has 0 radical (unpaired) electrons. The van der Waals surface area contributed by atoms with Gasteiger partial charge in [-0.3, -0.25) is 0 Å². The van der Waals surface area contributed by atoms with Crippen LogP contribution in [-0.2, 0) is 0 Å². The zero-order valence-corrected chi connectivity index (χ0v) is 13.1. The molecule has 0 aromatic heterocycles. The second-order valence-electron chi connectivity index (χ2n) is 5.13. The van der Waals surface area contributed by atoms with Crippen molar-refractivity contribution in [3.05, 3.63) is 0 Å². The molecule has 0 aromatic carbocycles. The molecule has 11 heteroatoms. The number of hydrogen-bond acceptors (Lipinski definition) is 3. The Bertz CT molecular complexity index is 330. The van der Waals surface area contributed by atoms with Crippen molar-refractivity contribution >= 4 is 18.2 Å². The van der Waals surface area contributed by atoms with E-state index in [4.69, 9.17) is 10.2 Å². The summed E-state index contributed by atoms with van der Waals surface area (Å²) in [5.74, 6) is 0.0234. The van der Waals surface area contributed by atoms with E-state index >= 15 is 0 Å². The number of nitrogens with zero attached hydrogens (tertiary/aromatic N) is 2. The van der Waals surface area contributed by atoms with Gasteiger partial charge in [0.1, 0.15) is 0 Å². The van der Waals surface area contributed by atoms with Crippen molar-refractivity contribution in [1.82, 2.24) is 20.9 Å². The van der Waals surface area contributed by atoms with Gasteiger partial charge in [-0.2, -0.15) is 0 Å². The second-order valence-corrected chi connectivity index (χ2v) is 5.13. The molecule has 0 aliphatic carbocycles. The molecule has 0 bridgehead atoms. The third-order valence-corrected chi connectivity index (χ3v) is 2.03. The quantitative estimate of drug-likeness (QED) is 0.517. The normalized spacial score (nSPS) is 9.36. The number of carbonyl (C=O) groups is 3. The number of urea groups is 1. The van der Waals surface area contributed by atoms with E-state index in [-0.39, 0.29) is 35.9 Å². The number of amides is 4. The van der Waals surface area contributed by atoms with E-state index < -0.39 is 18.2 Å². The number of carboxylic acid groups (broad SMARTS) is 2. The van der Waals surface area contributed by atoms with Crippen LogP contribution in [0.4, 0.5) is 14.4 Å². The van der Waals surface area contributed by atoms with Gasteiger partial charge in [-0.15, -0.1) is 0 Å². The SMILES string of the molecule is CC(C)CN(NC(=O)NN(CC(C)C)C(=O)O)C(=O)O.O.O. The number of carbonyl (C=O) groups excluding carboxylic acids is 1. The maximum Gasteiger partial charge on any atom is 0.426 e. The molecule has 0 heterocycles. The lowest BCUT2D eigenvalue weighted by molar-refractivity contribution is 0.0982. The maximum atomic E-state index is 11.6. The van der Waals surface area contributed by atoms with Crippen molar-refractivity contribution in [2.24, 2.45) is 11.8 Å². The molecule has 0 saturated carbocycles. The highest BCUT2D eigenvalue weighted by atomic mass is 16.4. The van der Waals surface area contributed by atoms with Gasteiger partial charge in [0.2, 0.25) is 0 Å². The minimum Gasteiger partial charge on any atom is -0.464 e. The van der Waals surface area contributed by atoms with Gasteiger partial charge < -0.3 is 21.2 Å². The van der Waals surface area contributed by atoms with Gasteiger partial charge in [0.15, 0.2) is 0 Å². The lowest BCUT2D eigenvalue weighted by atomic mass is 10.2. The van der Waals surface area contributed by atoms with Crippen LogP contribution in [0.5, 0.6) is 0 Å². The minimum absolute atomic E-state index is 0. The molecule has 4 amide bonds. The highest BCUT2D eigenvalue weighted by Crippen LogP contribution is 1.98.